The molecule has 24 heavy (non-hydrogen) atoms. The van der Waals surface area contributed by atoms with Gasteiger partial charge in [-0.3, -0.25) is 4.90 Å². The van der Waals surface area contributed by atoms with E-state index in [0.29, 0.717) is 12.1 Å². The monoisotopic (exact) mass is 325 g/mol. The fraction of sp³-hybridized carbons (Fsp3) is 0.474. The molecule has 1 fully saturated rings. The van der Waals surface area contributed by atoms with Gasteiger partial charge >= 0.3 is 0 Å². The van der Waals surface area contributed by atoms with Gasteiger partial charge in [0.15, 0.2) is 0 Å². The zero-order chi connectivity index (χ0) is 16.7. The second kappa shape index (κ2) is 6.06. The van der Waals surface area contributed by atoms with Crippen molar-refractivity contribution in [3.05, 3.63) is 47.0 Å². The van der Waals surface area contributed by atoms with E-state index >= 15 is 0 Å². The third-order valence-corrected chi connectivity index (χ3v) is 5.30. The van der Waals surface area contributed by atoms with Crippen molar-refractivity contribution >= 4 is 0 Å². The van der Waals surface area contributed by atoms with Crippen LogP contribution in [0.2, 0.25) is 0 Å². The number of fused-ring (bicyclic) bond motifs is 4. The predicted molar refractivity (Wildman–Crippen MR) is 91.3 cm³/mol. The molecule has 5 nitrogen and oxygen atoms in total. The molecule has 5 heteroatoms. The molecule has 126 valence electrons. The van der Waals surface area contributed by atoms with Gasteiger partial charge in [0, 0.05) is 48.4 Å². The Morgan fingerprint density at radius 2 is 2.08 bits per heavy atom. The van der Waals surface area contributed by atoms with Gasteiger partial charge < -0.3 is 9.47 Å². The predicted octanol–water partition coefficient (Wildman–Crippen LogP) is 3.06. The third kappa shape index (κ3) is 2.53. The van der Waals surface area contributed by atoms with Crippen molar-refractivity contribution in [3.8, 4) is 11.5 Å². The smallest absolute Gasteiger partial charge is 0.127 e. The quantitative estimate of drug-likeness (QED) is 0.864. The van der Waals surface area contributed by atoms with Gasteiger partial charge in [0.05, 0.1) is 19.9 Å². The largest absolute Gasteiger partial charge is 0.497 e. The van der Waals surface area contributed by atoms with E-state index in [1.54, 1.807) is 14.2 Å². The minimum atomic E-state index is 0.422. The van der Waals surface area contributed by atoms with Crippen molar-refractivity contribution in [3.63, 3.8) is 0 Å². The van der Waals surface area contributed by atoms with Crippen LogP contribution in [0, 0.1) is 6.92 Å². The highest BCUT2D eigenvalue weighted by Crippen LogP contribution is 2.44. The lowest BCUT2D eigenvalue weighted by Crippen LogP contribution is -2.37. The fourth-order valence-corrected chi connectivity index (χ4v) is 4.10. The zero-order valence-electron chi connectivity index (χ0n) is 14.5. The first-order valence-electron chi connectivity index (χ1n) is 8.48. The third-order valence-electron chi connectivity index (χ3n) is 5.30. The summed E-state index contributed by atoms with van der Waals surface area (Å²) in [5.74, 6) is 2.59. The normalized spacial score (nSPS) is 22.3. The Morgan fingerprint density at radius 1 is 1.21 bits per heavy atom. The second-order valence-electron chi connectivity index (χ2n) is 6.62. The number of methoxy groups -OCH3 is 2. The van der Waals surface area contributed by atoms with E-state index in [0.717, 1.165) is 30.3 Å². The number of nitrogens with zero attached hydrogens (tertiary/aromatic N) is 3. The van der Waals surface area contributed by atoms with Crippen molar-refractivity contribution in [2.24, 2.45) is 0 Å². The van der Waals surface area contributed by atoms with E-state index in [2.05, 4.69) is 20.9 Å². The topological polar surface area (TPSA) is 47.5 Å². The Labute approximate surface area is 142 Å². The first-order chi connectivity index (χ1) is 11.7. The molecule has 1 aromatic heterocycles. The van der Waals surface area contributed by atoms with Crippen molar-refractivity contribution in [2.75, 3.05) is 14.2 Å². The van der Waals surface area contributed by atoms with Gasteiger partial charge in [-0.1, -0.05) is 6.07 Å². The van der Waals surface area contributed by atoms with E-state index in [9.17, 15) is 0 Å². The Hall–Kier alpha value is -2.14. The molecule has 1 aromatic carbocycles. The number of rotatable bonds is 4. The van der Waals surface area contributed by atoms with Crippen LogP contribution in [0.4, 0.5) is 0 Å². The van der Waals surface area contributed by atoms with Crippen LogP contribution in [-0.2, 0) is 13.0 Å². The lowest BCUT2D eigenvalue weighted by molar-refractivity contribution is 0.164. The van der Waals surface area contributed by atoms with Crippen molar-refractivity contribution in [1.82, 2.24) is 14.9 Å². The molecule has 3 heterocycles. The molecular weight excluding hydrogens is 302 g/mol. The highest BCUT2D eigenvalue weighted by atomic mass is 16.5. The maximum atomic E-state index is 5.57. The molecule has 0 aliphatic carbocycles. The second-order valence-corrected chi connectivity index (χ2v) is 6.62. The SMILES string of the molecule is COc1ccc(CN2[C@@H]3CC[C@H]2c2cnc(C)nc2C3)c(OC)c1. The molecule has 0 spiro atoms. The Kier molecular flexibility index (Phi) is 3.88. The molecule has 1 saturated heterocycles. The average molecular weight is 325 g/mol. The van der Waals surface area contributed by atoms with Gasteiger partial charge in [-0.15, -0.1) is 0 Å². The Morgan fingerprint density at radius 3 is 2.88 bits per heavy atom. The summed E-state index contributed by atoms with van der Waals surface area (Å²) in [5, 5.41) is 0. The maximum absolute atomic E-state index is 5.57. The van der Waals surface area contributed by atoms with Gasteiger partial charge in [0.2, 0.25) is 0 Å². The summed E-state index contributed by atoms with van der Waals surface area (Å²) in [4.78, 5) is 11.7. The number of aryl methyl sites for hydroxylation is 1. The van der Waals surface area contributed by atoms with Crippen LogP contribution in [0.5, 0.6) is 11.5 Å². The van der Waals surface area contributed by atoms with Crippen molar-refractivity contribution in [2.45, 2.75) is 44.8 Å². The fourth-order valence-electron chi connectivity index (χ4n) is 4.10. The summed E-state index contributed by atoms with van der Waals surface area (Å²) in [7, 11) is 3.40. The lowest BCUT2D eigenvalue weighted by atomic mass is 9.98. The van der Waals surface area contributed by atoms with E-state index in [1.165, 1.54) is 29.7 Å². The van der Waals surface area contributed by atoms with Crippen LogP contribution in [0.15, 0.2) is 24.4 Å². The number of aromatic nitrogens is 2. The van der Waals surface area contributed by atoms with Gasteiger partial charge in [-0.05, 0) is 25.8 Å². The van der Waals surface area contributed by atoms with E-state index in [-0.39, 0.29) is 0 Å². The Bertz CT molecular complexity index is 762. The van der Waals surface area contributed by atoms with E-state index in [1.807, 2.05) is 25.3 Å². The average Bonchev–Trinajstić information content (AvgIpc) is 2.87. The van der Waals surface area contributed by atoms with Crippen LogP contribution in [0.1, 0.15) is 41.5 Å². The summed E-state index contributed by atoms with van der Waals surface area (Å²) in [6, 6.07) is 7.05. The highest BCUT2D eigenvalue weighted by Gasteiger charge is 2.40. The van der Waals surface area contributed by atoms with Crippen LogP contribution in [-0.4, -0.2) is 35.1 Å². The standard InChI is InChI=1S/C19H23N3O2/c1-12-20-10-16-17(21-12)8-14-5-7-18(16)22(14)11-13-4-6-15(23-2)9-19(13)24-3/h4,6,9-10,14,18H,5,7-8,11H2,1-3H3/t14-,18+/m1/s1. The number of hydrogen-bond donors (Lipinski definition) is 0. The molecule has 0 N–H and O–H groups in total. The van der Waals surface area contributed by atoms with Crippen LogP contribution in [0.25, 0.3) is 0 Å². The summed E-state index contributed by atoms with van der Waals surface area (Å²) < 4.78 is 10.9. The molecule has 0 radical (unpaired) electrons. The molecule has 4 rings (SSSR count). The van der Waals surface area contributed by atoms with E-state index in [4.69, 9.17) is 9.47 Å². The number of benzene rings is 1. The van der Waals surface area contributed by atoms with Crippen LogP contribution < -0.4 is 9.47 Å². The molecule has 2 aromatic rings. The molecular formula is C19H23N3O2. The summed E-state index contributed by atoms with van der Waals surface area (Å²) >= 11 is 0. The van der Waals surface area contributed by atoms with Gasteiger partial charge in [0.25, 0.3) is 0 Å². The molecule has 2 bridgehead atoms. The minimum Gasteiger partial charge on any atom is -0.497 e. The van der Waals surface area contributed by atoms with Gasteiger partial charge in [-0.2, -0.15) is 0 Å². The van der Waals surface area contributed by atoms with E-state index < -0.39 is 0 Å². The van der Waals surface area contributed by atoms with Gasteiger partial charge in [-0.25, -0.2) is 9.97 Å². The molecule has 0 amide bonds. The summed E-state index contributed by atoms with van der Waals surface area (Å²) in [5.41, 5.74) is 3.75. The summed E-state index contributed by atoms with van der Waals surface area (Å²) in [6.07, 6.45) is 5.46. The van der Waals surface area contributed by atoms with Crippen molar-refractivity contribution < 1.29 is 9.47 Å². The summed E-state index contributed by atoms with van der Waals surface area (Å²) in [6.45, 7) is 2.85. The maximum Gasteiger partial charge on any atom is 0.127 e. The van der Waals surface area contributed by atoms with Crippen LogP contribution in [0.3, 0.4) is 0 Å². The molecule has 2 aliphatic rings. The Balaban J connectivity index is 1.63. The zero-order valence-corrected chi connectivity index (χ0v) is 14.5. The van der Waals surface area contributed by atoms with Crippen LogP contribution >= 0.6 is 0 Å². The number of ether oxygens (including phenoxy) is 2. The number of hydrogen-bond acceptors (Lipinski definition) is 5. The minimum absolute atomic E-state index is 0.422. The lowest BCUT2D eigenvalue weighted by Gasteiger charge is -2.35. The molecule has 2 aliphatic heterocycles. The molecule has 0 saturated carbocycles. The first-order valence-corrected chi connectivity index (χ1v) is 8.48. The van der Waals surface area contributed by atoms with Crippen molar-refractivity contribution in [1.29, 1.82) is 0 Å². The highest BCUT2D eigenvalue weighted by molar-refractivity contribution is 5.41. The first kappa shape index (κ1) is 15.4. The molecule has 2 atom stereocenters. The molecule has 0 unspecified atom stereocenters. The van der Waals surface area contributed by atoms with Gasteiger partial charge in [0.1, 0.15) is 17.3 Å².